The summed E-state index contributed by atoms with van der Waals surface area (Å²) >= 11 is 0. The van der Waals surface area contributed by atoms with Gasteiger partial charge >= 0.3 is 0 Å². The summed E-state index contributed by atoms with van der Waals surface area (Å²) in [4.78, 5) is 4.02. The summed E-state index contributed by atoms with van der Waals surface area (Å²) in [6, 6.07) is 9.19. The zero-order valence-electron chi connectivity index (χ0n) is 17.4. The van der Waals surface area contributed by atoms with Crippen molar-refractivity contribution in [1.82, 2.24) is 25.1 Å². The fourth-order valence-electron chi connectivity index (χ4n) is 5.04. The molecule has 0 radical (unpaired) electrons. The number of nitrogens with zero attached hydrogens (tertiary/aromatic N) is 4. The number of phenolic OH excluding ortho intramolecular Hbond substituents is 1. The van der Waals surface area contributed by atoms with Crippen LogP contribution in [0.15, 0.2) is 55.6 Å². The maximum absolute atomic E-state index is 15.2. The molecule has 3 aromatic rings. The molecule has 2 aliphatic rings. The zero-order valence-corrected chi connectivity index (χ0v) is 17.4. The lowest BCUT2D eigenvalue weighted by atomic mass is 9.72. The first-order valence-corrected chi connectivity index (χ1v) is 10.7. The molecule has 0 spiro atoms. The number of aromatic nitrogens is 4. The van der Waals surface area contributed by atoms with Gasteiger partial charge in [-0.25, -0.2) is 9.37 Å². The van der Waals surface area contributed by atoms with Crippen LogP contribution in [0.4, 0.5) is 4.39 Å². The number of benzene rings is 1. The van der Waals surface area contributed by atoms with Crippen LogP contribution < -0.4 is 5.32 Å². The van der Waals surface area contributed by atoms with Crippen LogP contribution in [0.1, 0.15) is 31.9 Å². The summed E-state index contributed by atoms with van der Waals surface area (Å²) in [6.45, 7) is 6.38. The minimum atomic E-state index is -0.965. The topological polar surface area (TPSA) is 75.9 Å². The quantitative estimate of drug-likeness (QED) is 0.664. The first kappa shape index (κ1) is 19.9. The van der Waals surface area contributed by atoms with Crippen LogP contribution in [-0.2, 0) is 0 Å². The Hall–Kier alpha value is -3.06. The second-order valence-electron chi connectivity index (χ2n) is 8.83. The third-order valence-corrected chi connectivity index (χ3v) is 6.60. The van der Waals surface area contributed by atoms with E-state index in [0.717, 1.165) is 24.9 Å². The van der Waals surface area contributed by atoms with Gasteiger partial charge in [-0.2, -0.15) is 5.10 Å². The van der Waals surface area contributed by atoms with Gasteiger partial charge in [0.1, 0.15) is 11.9 Å². The highest BCUT2D eigenvalue weighted by atomic mass is 19.1. The van der Waals surface area contributed by atoms with Crippen molar-refractivity contribution in [2.75, 3.05) is 0 Å². The molecule has 31 heavy (non-hydrogen) atoms. The number of rotatable bonds is 4. The lowest BCUT2D eigenvalue weighted by molar-refractivity contribution is 0.0773. The normalized spacial score (nSPS) is 27.7. The highest BCUT2D eigenvalue weighted by Gasteiger charge is 2.43. The van der Waals surface area contributed by atoms with Crippen molar-refractivity contribution in [2.24, 2.45) is 11.8 Å². The van der Waals surface area contributed by atoms with E-state index in [2.05, 4.69) is 34.0 Å². The van der Waals surface area contributed by atoms with Gasteiger partial charge in [-0.15, -0.1) is 5.10 Å². The number of nitrogens with one attached hydrogen (secondary N) is 1. The highest BCUT2D eigenvalue weighted by Crippen LogP contribution is 2.40. The zero-order chi connectivity index (χ0) is 21.5. The molecule has 0 amide bonds. The SMILES string of the molecule is C=C(c1ccc(-c2ccc(-n3ccnc3)cc2O)nn1)[C@H]1C[C@@H]2CC(C)C[C@@H](N2)[C@@H]1F. The third-order valence-electron chi connectivity index (χ3n) is 6.60. The monoisotopic (exact) mass is 419 g/mol. The Labute approximate surface area is 180 Å². The molecular formula is C24H26FN5O. The Morgan fingerprint density at radius 1 is 1.19 bits per heavy atom. The molecule has 2 saturated heterocycles. The second kappa shape index (κ2) is 7.89. The molecule has 6 nitrogen and oxygen atoms in total. The van der Waals surface area contributed by atoms with Gasteiger partial charge in [0.05, 0.1) is 23.4 Å². The van der Waals surface area contributed by atoms with Gasteiger partial charge in [0.25, 0.3) is 0 Å². The molecule has 160 valence electrons. The maximum atomic E-state index is 15.2. The van der Waals surface area contributed by atoms with Crippen LogP contribution in [0.5, 0.6) is 5.75 Å². The number of imidazole rings is 1. The lowest BCUT2D eigenvalue weighted by Gasteiger charge is -2.45. The molecule has 4 heterocycles. The van der Waals surface area contributed by atoms with E-state index in [0.29, 0.717) is 34.5 Å². The number of allylic oxidation sites excluding steroid dienone is 1. The summed E-state index contributed by atoms with van der Waals surface area (Å²) in [5.74, 6) is 0.415. The van der Waals surface area contributed by atoms with Gasteiger partial charge in [0, 0.05) is 42.0 Å². The second-order valence-corrected chi connectivity index (χ2v) is 8.83. The van der Waals surface area contributed by atoms with Crippen LogP contribution in [0.2, 0.25) is 0 Å². The Bertz CT molecular complexity index is 1080. The minimum absolute atomic E-state index is 0.108. The van der Waals surface area contributed by atoms with Crippen LogP contribution in [0, 0.1) is 11.8 Å². The van der Waals surface area contributed by atoms with E-state index in [-0.39, 0.29) is 17.7 Å². The third kappa shape index (κ3) is 3.74. The molecule has 7 heteroatoms. The molecule has 5 atom stereocenters. The van der Waals surface area contributed by atoms with Gasteiger partial charge in [0.2, 0.25) is 0 Å². The average Bonchev–Trinajstić information content (AvgIpc) is 3.31. The molecular weight excluding hydrogens is 393 g/mol. The molecule has 2 fully saturated rings. The lowest BCUT2D eigenvalue weighted by Crippen LogP contribution is -2.57. The molecule has 0 saturated carbocycles. The van der Waals surface area contributed by atoms with Crippen molar-refractivity contribution >= 4 is 5.57 Å². The van der Waals surface area contributed by atoms with Gasteiger partial charge in [-0.3, -0.25) is 0 Å². The molecule has 1 aromatic carbocycles. The Kier molecular flexibility index (Phi) is 5.06. The number of alkyl halides is 1. The summed E-state index contributed by atoms with van der Waals surface area (Å²) in [7, 11) is 0. The first-order valence-electron chi connectivity index (χ1n) is 10.7. The van der Waals surface area contributed by atoms with Crippen molar-refractivity contribution in [3.63, 3.8) is 0 Å². The number of fused-ring (bicyclic) bond motifs is 2. The molecule has 1 unspecified atom stereocenters. The van der Waals surface area contributed by atoms with Crippen molar-refractivity contribution < 1.29 is 9.50 Å². The smallest absolute Gasteiger partial charge is 0.127 e. The molecule has 5 rings (SSSR count). The average molecular weight is 420 g/mol. The standard InChI is InChI=1S/C24H26FN5O/c1-14-9-16-11-19(24(25)22(10-14)27-16)15(2)20-5-6-21(29-28-20)18-4-3-17(12-23(18)31)30-8-7-26-13-30/h3-8,12-14,16,19,22,24,27,31H,2,9-11H2,1H3/t14?,16-,19+,22+,24+/m0/s1. The highest BCUT2D eigenvalue weighted by molar-refractivity contribution is 5.70. The summed E-state index contributed by atoms with van der Waals surface area (Å²) in [5.41, 5.74) is 3.26. The minimum Gasteiger partial charge on any atom is -0.507 e. The van der Waals surface area contributed by atoms with Crippen LogP contribution in [0.25, 0.3) is 22.5 Å². The number of hydrogen-bond acceptors (Lipinski definition) is 5. The molecule has 2 aromatic heterocycles. The van der Waals surface area contributed by atoms with E-state index in [1.165, 1.54) is 0 Å². The fraction of sp³-hybridized carbons (Fsp3) is 0.375. The van der Waals surface area contributed by atoms with E-state index in [1.54, 1.807) is 30.7 Å². The van der Waals surface area contributed by atoms with Gasteiger partial charge in [0.15, 0.2) is 0 Å². The van der Waals surface area contributed by atoms with Gasteiger partial charge in [-0.1, -0.05) is 13.5 Å². The molecule has 0 aliphatic carbocycles. The number of phenols is 1. The predicted octanol–water partition coefficient (Wildman–Crippen LogP) is 4.16. The van der Waals surface area contributed by atoms with E-state index in [1.807, 2.05) is 22.9 Å². The summed E-state index contributed by atoms with van der Waals surface area (Å²) in [6.07, 6.45) is 6.87. The van der Waals surface area contributed by atoms with Crippen molar-refractivity contribution in [2.45, 2.75) is 44.4 Å². The predicted molar refractivity (Wildman–Crippen MR) is 117 cm³/mol. The van der Waals surface area contributed by atoms with Crippen molar-refractivity contribution in [3.05, 3.63) is 61.3 Å². The van der Waals surface area contributed by atoms with Gasteiger partial charge in [-0.05, 0) is 55.0 Å². The number of halogens is 1. The first-order chi connectivity index (χ1) is 15.0. The number of piperidine rings is 2. The Morgan fingerprint density at radius 2 is 2.06 bits per heavy atom. The maximum Gasteiger partial charge on any atom is 0.127 e. The van der Waals surface area contributed by atoms with E-state index in [9.17, 15) is 5.11 Å². The van der Waals surface area contributed by atoms with E-state index >= 15 is 4.39 Å². The van der Waals surface area contributed by atoms with Crippen LogP contribution >= 0.6 is 0 Å². The molecule has 2 aliphatic heterocycles. The van der Waals surface area contributed by atoms with Gasteiger partial charge < -0.3 is 15.0 Å². The summed E-state index contributed by atoms with van der Waals surface area (Å²) in [5, 5.41) is 22.6. The number of aromatic hydroxyl groups is 1. The van der Waals surface area contributed by atoms with E-state index in [4.69, 9.17) is 0 Å². The van der Waals surface area contributed by atoms with E-state index < -0.39 is 6.17 Å². The Morgan fingerprint density at radius 3 is 2.77 bits per heavy atom. The fourth-order valence-corrected chi connectivity index (χ4v) is 5.04. The van der Waals surface area contributed by atoms with Crippen LogP contribution in [-0.4, -0.2) is 43.1 Å². The molecule has 2 N–H and O–H groups in total. The van der Waals surface area contributed by atoms with Crippen molar-refractivity contribution in [1.29, 1.82) is 0 Å². The number of hydrogen-bond donors (Lipinski definition) is 2. The summed E-state index contributed by atoms with van der Waals surface area (Å²) < 4.78 is 17.0. The van der Waals surface area contributed by atoms with Crippen LogP contribution in [0.3, 0.4) is 0 Å². The largest absolute Gasteiger partial charge is 0.507 e. The molecule has 2 bridgehead atoms. The Balaban J connectivity index is 1.35. The van der Waals surface area contributed by atoms with Crippen molar-refractivity contribution in [3.8, 4) is 22.7 Å².